The van der Waals surface area contributed by atoms with Gasteiger partial charge in [-0.1, -0.05) is 23.5 Å². The molecule has 25 heavy (non-hydrogen) atoms. The number of hydrogen-bond acceptors (Lipinski definition) is 6. The van der Waals surface area contributed by atoms with Gasteiger partial charge in [-0.15, -0.1) is 0 Å². The molecule has 3 rings (SSSR count). The fraction of sp³-hybridized carbons (Fsp3) is 0.176. The Morgan fingerprint density at radius 2 is 2.00 bits per heavy atom. The van der Waals surface area contributed by atoms with Gasteiger partial charge in [0, 0.05) is 6.26 Å². The van der Waals surface area contributed by atoms with Crippen molar-refractivity contribution in [3.8, 4) is 5.75 Å². The molecule has 6 nitrogen and oxygen atoms in total. The van der Waals surface area contributed by atoms with Crippen molar-refractivity contribution in [2.75, 3.05) is 18.2 Å². The van der Waals surface area contributed by atoms with Gasteiger partial charge in [0.05, 0.1) is 27.3 Å². The van der Waals surface area contributed by atoms with Gasteiger partial charge in [0.2, 0.25) is 0 Å². The first-order chi connectivity index (χ1) is 11.9. The van der Waals surface area contributed by atoms with Gasteiger partial charge in [-0.3, -0.25) is 10.1 Å². The summed E-state index contributed by atoms with van der Waals surface area (Å²) in [6.07, 6.45) is 1.08. The van der Waals surface area contributed by atoms with Crippen LogP contribution in [0.5, 0.6) is 5.75 Å². The molecule has 0 saturated carbocycles. The standard InChI is InChI=1S/C17H16N2O4S2/c1-3-23-11-8-9-13-14(10-11)24-17(18-13)19-16(20)12-6-4-5-7-15(12)25(2,21)22/h4-10H,3H2,1-2H3,(H,18,19,20). The molecule has 0 aliphatic rings. The summed E-state index contributed by atoms with van der Waals surface area (Å²) in [7, 11) is -3.50. The first kappa shape index (κ1) is 17.4. The van der Waals surface area contributed by atoms with Crippen LogP contribution in [0.25, 0.3) is 10.2 Å². The number of anilines is 1. The van der Waals surface area contributed by atoms with Crippen LogP contribution in [0.4, 0.5) is 5.13 Å². The van der Waals surface area contributed by atoms with Crippen LogP contribution in [0.1, 0.15) is 17.3 Å². The van der Waals surface area contributed by atoms with Crippen LogP contribution in [-0.4, -0.2) is 32.2 Å². The quantitative estimate of drug-likeness (QED) is 0.738. The highest BCUT2D eigenvalue weighted by molar-refractivity contribution is 7.90. The monoisotopic (exact) mass is 376 g/mol. The average Bonchev–Trinajstić information content (AvgIpc) is 2.96. The van der Waals surface area contributed by atoms with Crippen LogP contribution >= 0.6 is 11.3 Å². The van der Waals surface area contributed by atoms with Crippen LogP contribution in [0.2, 0.25) is 0 Å². The zero-order valence-electron chi connectivity index (χ0n) is 13.6. The van der Waals surface area contributed by atoms with Crippen molar-refractivity contribution in [2.45, 2.75) is 11.8 Å². The number of thiazole rings is 1. The highest BCUT2D eigenvalue weighted by Gasteiger charge is 2.19. The molecule has 0 radical (unpaired) electrons. The Morgan fingerprint density at radius 3 is 2.72 bits per heavy atom. The lowest BCUT2D eigenvalue weighted by molar-refractivity contribution is 0.102. The van der Waals surface area contributed by atoms with E-state index in [0.29, 0.717) is 11.7 Å². The molecule has 1 N–H and O–H groups in total. The predicted octanol–water partition coefficient (Wildman–Crippen LogP) is 3.35. The van der Waals surface area contributed by atoms with Crippen molar-refractivity contribution in [1.29, 1.82) is 0 Å². The van der Waals surface area contributed by atoms with Gasteiger partial charge >= 0.3 is 0 Å². The fourth-order valence-electron chi connectivity index (χ4n) is 2.36. The zero-order chi connectivity index (χ0) is 18.0. The summed E-state index contributed by atoms with van der Waals surface area (Å²) in [5.41, 5.74) is 0.833. The Labute approximate surface area is 149 Å². The van der Waals surface area contributed by atoms with Crippen molar-refractivity contribution in [3.63, 3.8) is 0 Å². The molecule has 0 aliphatic carbocycles. The molecule has 2 aromatic carbocycles. The second-order valence-corrected chi connectivity index (χ2v) is 8.32. The Balaban J connectivity index is 1.90. The molecular weight excluding hydrogens is 360 g/mol. The number of nitrogens with zero attached hydrogens (tertiary/aromatic N) is 1. The number of carbonyl (C=O) groups excluding carboxylic acids is 1. The number of aromatic nitrogens is 1. The summed E-state index contributed by atoms with van der Waals surface area (Å²) in [6, 6.07) is 11.6. The molecule has 3 aromatic rings. The average molecular weight is 376 g/mol. The van der Waals surface area contributed by atoms with E-state index in [1.54, 1.807) is 12.1 Å². The summed E-state index contributed by atoms with van der Waals surface area (Å²) in [5, 5.41) is 3.07. The van der Waals surface area contributed by atoms with Crippen molar-refractivity contribution < 1.29 is 17.9 Å². The lowest BCUT2D eigenvalue weighted by Crippen LogP contribution is -2.15. The van der Waals surface area contributed by atoms with Crippen molar-refractivity contribution in [1.82, 2.24) is 4.98 Å². The predicted molar refractivity (Wildman–Crippen MR) is 98.3 cm³/mol. The lowest BCUT2D eigenvalue weighted by atomic mass is 10.2. The molecule has 130 valence electrons. The maximum absolute atomic E-state index is 12.5. The van der Waals surface area contributed by atoms with E-state index >= 15 is 0 Å². The van der Waals surface area contributed by atoms with Gasteiger partial charge in [0.15, 0.2) is 15.0 Å². The maximum atomic E-state index is 12.5. The Hall–Kier alpha value is -2.45. The van der Waals surface area contributed by atoms with E-state index in [0.717, 1.165) is 22.2 Å². The Morgan fingerprint density at radius 1 is 1.24 bits per heavy atom. The zero-order valence-corrected chi connectivity index (χ0v) is 15.3. The molecule has 1 amide bonds. The van der Waals surface area contributed by atoms with Crippen molar-refractivity contribution in [3.05, 3.63) is 48.0 Å². The third-order valence-electron chi connectivity index (χ3n) is 3.42. The maximum Gasteiger partial charge on any atom is 0.258 e. The summed E-state index contributed by atoms with van der Waals surface area (Å²) < 4.78 is 30.0. The first-order valence-electron chi connectivity index (χ1n) is 7.52. The number of benzene rings is 2. The number of carbonyl (C=O) groups is 1. The molecule has 1 aromatic heterocycles. The van der Waals surface area contributed by atoms with E-state index in [9.17, 15) is 13.2 Å². The van der Waals surface area contributed by atoms with Crippen LogP contribution in [0, 0.1) is 0 Å². The second kappa shape index (κ2) is 6.81. The van der Waals surface area contributed by atoms with E-state index in [2.05, 4.69) is 10.3 Å². The summed E-state index contributed by atoms with van der Waals surface area (Å²) in [6.45, 7) is 2.47. The molecule has 0 unspecified atom stereocenters. The van der Waals surface area contributed by atoms with E-state index < -0.39 is 15.7 Å². The summed E-state index contributed by atoms with van der Waals surface area (Å²) >= 11 is 1.30. The smallest absolute Gasteiger partial charge is 0.258 e. The second-order valence-electron chi connectivity index (χ2n) is 5.30. The lowest BCUT2D eigenvalue weighted by Gasteiger charge is -2.06. The molecule has 0 bridgehead atoms. The largest absolute Gasteiger partial charge is 0.494 e. The molecule has 0 spiro atoms. The van der Waals surface area contributed by atoms with Gasteiger partial charge in [-0.25, -0.2) is 13.4 Å². The van der Waals surface area contributed by atoms with Crippen LogP contribution in [-0.2, 0) is 9.84 Å². The number of ether oxygens (including phenoxy) is 1. The third kappa shape index (κ3) is 3.80. The minimum Gasteiger partial charge on any atom is -0.494 e. The topological polar surface area (TPSA) is 85.4 Å². The number of fused-ring (bicyclic) bond motifs is 1. The minimum absolute atomic E-state index is 0.00718. The fourth-order valence-corrected chi connectivity index (χ4v) is 4.13. The van der Waals surface area contributed by atoms with Crippen LogP contribution in [0.3, 0.4) is 0 Å². The molecule has 0 fully saturated rings. The van der Waals surface area contributed by atoms with Gasteiger partial charge in [-0.2, -0.15) is 0 Å². The van der Waals surface area contributed by atoms with E-state index in [1.807, 2.05) is 25.1 Å². The summed E-state index contributed by atoms with van der Waals surface area (Å²) in [5.74, 6) is 0.226. The molecule has 0 aliphatic heterocycles. The number of hydrogen-bond donors (Lipinski definition) is 1. The third-order valence-corrected chi connectivity index (χ3v) is 5.51. The van der Waals surface area contributed by atoms with Gasteiger partial charge in [0.1, 0.15) is 5.75 Å². The van der Waals surface area contributed by atoms with Gasteiger partial charge in [-0.05, 0) is 37.3 Å². The van der Waals surface area contributed by atoms with E-state index in [-0.39, 0.29) is 10.5 Å². The van der Waals surface area contributed by atoms with Gasteiger partial charge < -0.3 is 4.74 Å². The SMILES string of the molecule is CCOc1ccc2nc(NC(=O)c3ccccc3S(C)(=O)=O)sc2c1. The number of rotatable bonds is 5. The molecule has 0 atom stereocenters. The van der Waals surface area contributed by atoms with E-state index in [4.69, 9.17) is 4.74 Å². The number of sulfone groups is 1. The van der Waals surface area contributed by atoms with Crippen LogP contribution < -0.4 is 10.1 Å². The number of amides is 1. The highest BCUT2D eigenvalue weighted by Crippen LogP contribution is 2.30. The first-order valence-corrected chi connectivity index (χ1v) is 10.2. The normalized spacial score (nSPS) is 11.4. The highest BCUT2D eigenvalue weighted by atomic mass is 32.2. The minimum atomic E-state index is -3.50. The van der Waals surface area contributed by atoms with Crippen molar-refractivity contribution >= 4 is 42.4 Å². The van der Waals surface area contributed by atoms with Crippen LogP contribution in [0.15, 0.2) is 47.4 Å². The Kier molecular flexibility index (Phi) is 4.73. The molecular formula is C17H16N2O4S2. The van der Waals surface area contributed by atoms with E-state index in [1.165, 1.54) is 23.5 Å². The summed E-state index contributed by atoms with van der Waals surface area (Å²) in [4.78, 5) is 16.8. The Bertz CT molecular complexity index is 1040. The molecule has 1 heterocycles. The van der Waals surface area contributed by atoms with Gasteiger partial charge in [0.25, 0.3) is 5.91 Å². The number of nitrogens with one attached hydrogen (secondary N) is 1. The molecule has 0 saturated heterocycles. The van der Waals surface area contributed by atoms with Crippen molar-refractivity contribution in [2.24, 2.45) is 0 Å². The molecule has 8 heteroatoms.